The van der Waals surface area contributed by atoms with E-state index < -0.39 is 0 Å². The van der Waals surface area contributed by atoms with Crippen LogP contribution in [0.25, 0.3) is 0 Å². The molecule has 0 aliphatic heterocycles. The highest BCUT2D eigenvalue weighted by Crippen LogP contribution is 2.34. The second kappa shape index (κ2) is 5.49. The molecule has 0 unspecified atom stereocenters. The van der Waals surface area contributed by atoms with Gasteiger partial charge in [-0.05, 0) is 46.5 Å². The van der Waals surface area contributed by atoms with Gasteiger partial charge in [-0.15, -0.1) is 0 Å². The molecule has 1 aromatic carbocycles. The number of hydrogen-bond acceptors (Lipinski definition) is 3. The second-order valence-corrected chi connectivity index (χ2v) is 4.24. The average molecular weight is 274 g/mol. The molecule has 4 heteroatoms. The van der Waals surface area contributed by atoms with Gasteiger partial charge in [0.1, 0.15) is 5.75 Å². The number of halogens is 1. The van der Waals surface area contributed by atoms with Crippen LogP contribution in [0, 0.1) is 13.8 Å². The summed E-state index contributed by atoms with van der Waals surface area (Å²) >= 11 is 3.54. The fourth-order valence-corrected chi connectivity index (χ4v) is 2.22. The molecule has 3 nitrogen and oxygen atoms in total. The van der Waals surface area contributed by atoms with E-state index >= 15 is 0 Å². The predicted molar refractivity (Wildman–Crippen MR) is 64.0 cm³/mol. The van der Waals surface area contributed by atoms with Crippen LogP contribution in [-0.2, 0) is 11.3 Å². The lowest BCUT2D eigenvalue weighted by Crippen LogP contribution is -2.06. The normalized spacial score (nSPS) is 10.5. The highest BCUT2D eigenvalue weighted by Gasteiger charge is 2.12. The molecule has 0 bridgehead atoms. The van der Waals surface area contributed by atoms with E-state index in [1.165, 1.54) is 11.1 Å². The molecule has 0 aliphatic rings. The third-order valence-electron chi connectivity index (χ3n) is 2.50. The molecule has 1 rings (SSSR count). The van der Waals surface area contributed by atoms with E-state index in [1.807, 2.05) is 0 Å². The summed E-state index contributed by atoms with van der Waals surface area (Å²) in [6.45, 7) is 4.63. The van der Waals surface area contributed by atoms with Crippen LogP contribution in [0.5, 0.6) is 5.75 Å². The van der Waals surface area contributed by atoms with Gasteiger partial charge in [0.05, 0.1) is 18.2 Å². The molecule has 0 heterocycles. The van der Waals surface area contributed by atoms with Crippen molar-refractivity contribution in [1.82, 2.24) is 0 Å². The Balaban J connectivity index is 3.13. The Morgan fingerprint density at radius 3 is 2.60 bits per heavy atom. The lowest BCUT2D eigenvalue weighted by molar-refractivity contribution is 0.140. The smallest absolute Gasteiger partial charge is 0.136 e. The zero-order valence-corrected chi connectivity index (χ0v) is 10.8. The minimum Gasteiger partial charge on any atom is -0.495 e. The molecule has 0 saturated carbocycles. The standard InChI is InChI=1S/C11H16BrNO2/c1-7-6-9(4-5-15-13)11(14-3)10(12)8(7)2/h6H,4-5,13H2,1-3H3. The molecule has 0 radical (unpaired) electrons. The highest BCUT2D eigenvalue weighted by molar-refractivity contribution is 9.10. The lowest BCUT2D eigenvalue weighted by atomic mass is 10.0. The summed E-state index contributed by atoms with van der Waals surface area (Å²) in [5.74, 6) is 5.89. The third kappa shape index (κ3) is 2.71. The molecule has 0 atom stereocenters. The molecule has 0 spiro atoms. The van der Waals surface area contributed by atoms with Crippen LogP contribution in [0.2, 0.25) is 0 Å². The van der Waals surface area contributed by atoms with Gasteiger partial charge in [0.2, 0.25) is 0 Å². The lowest BCUT2D eigenvalue weighted by Gasteiger charge is -2.14. The summed E-state index contributed by atoms with van der Waals surface area (Å²) in [6.07, 6.45) is 0.749. The first kappa shape index (κ1) is 12.5. The minimum absolute atomic E-state index is 0.491. The number of nitrogens with two attached hydrogens (primary N) is 1. The van der Waals surface area contributed by atoms with Crippen LogP contribution in [0.15, 0.2) is 10.5 Å². The van der Waals surface area contributed by atoms with Gasteiger partial charge in [-0.1, -0.05) is 6.07 Å². The van der Waals surface area contributed by atoms with Crippen molar-refractivity contribution in [3.8, 4) is 5.75 Å². The fourth-order valence-electron chi connectivity index (χ4n) is 1.49. The molecule has 84 valence electrons. The summed E-state index contributed by atoms with van der Waals surface area (Å²) in [4.78, 5) is 4.58. The van der Waals surface area contributed by atoms with E-state index in [2.05, 4.69) is 40.7 Å². The number of aryl methyl sites for hydroxylation is 1. The van der Waals surface area contributed by atoms with Gasteiger partial charge in [-0.2, -0.15) is 0 Å². The van der Waals surface area contributed by atoms with E-state index in [-0.39, 0.29) is 0 Å². The number of methoxy groups -OCH3 is 1. The molecular formula is C11H16BrNO2. The summed E-state index contributed by atoms with van der Waals surface area (Å²) in [7, 11) is 1.67. The molecule has 0 fully saturated rings. The SMILES string of the molecule is COc1c(CCON)cc(C)c(C)c1Br. The van der Waals surface area contributed by atoms with Crippen molar-refractivity contribution >= 4 is 15.9 Å². The average Bonchev–Trinajstić information content (AvgIpc) is 2.23. The molecule has 0 saturated heterocycles. The first-order chi connectivity index (χ1) is 7.11. The van der Waals surface area contributed by atoms with Crippen LogP contribution < -0.4 is 10.6 Å². The second-order valence-electron chi connectivity index (χ2n) is 3.45. The van der Waals surface area contributed by atoms with Crippen LogP contribution in [-0.4, -0.2) is 13.7 Å². The molecule has 1 aromatic rings. The van der Waals surface area contributed by atoms with Gasteiger partial charge in [0.15, 0.2) is 0 Å². The Morgan fingerprint density at radius 2 is 2.07 bits per heavy atom. The molecule has 15 heavy (non-hydrogen) atoms. The first-order valence-corrected chi connectivity index (χ1v) is 5.55. The Morgan fingerprint density at radius 1 is 1.40 bits per heavy atom. The Kier molecular flexibility index (Phi) is 4.57. The van der Waals surface area contributed by atoms with Crippen molar-refractivity contribution in [3.05, 3.63) is 27.2 Å². The van der Waals surface area contributed by atoms with Crippen molar-refractivity contribution in [1.29, 1.82) is 0 Å². The quantitative estimate of drug-likeness (QED) is 0.858. The number of benzene rings is 1. The molecule has 0 aromatic heterocycles. The van der Waals surface area contributed by atoms with Crippen LogP contribution in [0.1, 0.15) is 16.7 Å². The summed E-state index contributed by atoms with van der Waals surface area (Å²) in [5.41, 5.74) is 3.54. The van der Waals surface area contributed by atoms with Crippen LogP contribution in [0.3, 0.4) is 0 Å². The van der Waals surface area contributed by atoms with E-state index in [1.54, 1.807) is 7.11 Å². The monoisotopic (exact) mass is 273 g/mol. The summed E-state index contributed by atoms with van der Waals surface area (Å²) < 4.78 is 6.38. The topological polar surface area (TPSA) is 44.5 Å². The Labute approximate surface area is 98.6 Å². The van der Waals surface area contributed by atoms with Gasteiger partial charge >= 0.3 is 0 Å². The van der Waals surface area contributed by atoms with Crippen LogP contribution >= 0.6 is 15.9 Å². The maximum Gasteiger partial charge on any atom is 0.136 e. The maximum absolute atomic E-state index is 5.37. The first-order valence-electron chi connectivity index (χ1n) is 4.76. The Bertz CT molecular complexity index is 353. The number of ether oxygens (including phenoxy) is 1. The fraction of sp³-hybridized carbons (Fsp3) is 0.455. The van der Waals surface area contributed by atoms with E-state index in [0.717, 1.165) is 22.2 Å². The predicted octanol–water partition coefficient (Wildman–Crippen LogP) is 2.51. The minimum atomic E-state index is 0.491. The van der Waals surface area contributed by atoms with Gasteiger partial charge in [-0.25, -0.2) is 5.90 Å². The maximum atomic E-state index is 5.37. The van der Waals surface area contributed by atoms with Gasteiger partial charge in [-0.3, -0.25) is 0 Å². The number of hydrogen-bond donors (Lipinski definition) is 1. The van der Waals surface area contributed by atoms with Gasteiger partial charge in [0, 0.05) is 6.42 Å². The Hall–Kier alpha value is -0.580. The van der Waals surface area contributed by atoms with Crippen molar-refractivity contribution in [2.45, 2.75) is 20.3 Å². The third-order valence-corrected chi connectivity index (χ3v) is 3.45. The van der Waals surface area contributed by atoms with Crippen molar-refractivity contribution in [3.63, 3.8) is 0 Å². The zero-order valence-electron chi connectivity index (χ0n) is 9.26. The molecule has 0 aliphatic carbocycles. The summed E-state index contributed by atoms with van der Waals surface area (Å²) in [5, 5.41) is 0. The molecular weight excluding hydrogens is 258 g/mol. The molecule has 0 amide bonds. The van der Waals surface area contributed by atoms with Gasteiger partial charge < -0.3 is 9.57 Å². The van der Waals surface area contributed by atoms with Gasteiger partial charge in [0.25, 0.3) is 0 Å². The largest absolute Gasteiger partial charge is 0.495 e. The highest BCUT2D eigenvalue weighted by atomic mass is 79.9. The van der Waals surface area contributed by atoms with Crippen LogP contribution in [0.4, 0.5) is 0 Å². The van der Waals surface area contributed by atoms with Crippen molar-refractivity contribution in [2.75, 3.05) is 13.7 Å². The zero-order chi connectivity index (χ0) is 11.4. The van der Waals surface area contributed by atoms with Crippen molar-refractivity contribution < 1.29 is 9.57 Å². The number of rotatable bonds is 4. The van der Waals surface area contributed by atoms with Crippen molar-refractivity contribution in [2.24, 2.45) is 5.90 Å². The van der Waals surface area contributed by atoms with E-state index in [9.17, 15) is 0 Å². The molecule has 2 N–H and O–H groups in total. The van der Waals surface area contributed by atoms with E-state index in [0.29, 0.717) is 6.61 Å². The summed E-state index contributed by atoms with van der Waals surface area (Å²) in [6, 6.07) is 2.11. The van der Waals surface area contributed by atoms with E-state index in [4.69, 9.17) is 10.6 Å².